The van der Waals surface area contributed by atoms with Crippen molar-refractivity contribution in [2.75, 3.05) is 13.1 Å². The smallest absolute Gasteiger partial charge is 0.357 e. The Bertz CT molecular complexity index is 953. The van der Waals surface area contributed by atoms with Crippen LogP contribution in [0.5, 0.6) is 0 Å². The number of hydrogen-bond donors (Lipinski definition) is 2. The van der Waals surface area contributed by atoms with Gasteiger partial charge < -0.3 is 10.6 Å². The summed E-state index contributed by atoms with van der Waals surface area (Å²) in [6, 6.07) is 9.92. The topological polar surface area (TPSA) is 62.2 Å². The van der Waals surface area contributed by atoms with Crippen LogP contribution in [0, 0.1) is 0 Å². The van der Waals surface area contributed by atoms with Gasteiger partial charge in [0.25, 0.3) is 0 Å². The van der Waals surface area contributed by atoms with Crippen molar-refractivity contribution in [1.82, 2.24) is 20.6 Å². The minimum Gasteiger partial charge on any atom is -0.357 e. The normalized spacial score (nSPS) is 11.9. The monoisotopic (exact) mass is 535 g/mol. The number of guanidine groups is 1. The number of thiazole rings is 1. The number of nitrogens with zero attached hydrogens (tertiary/aromatic N) is 3. The maximum absolute atomic E-state index is 12.6. The third kappa shape index (κ3) is 6.53. The average Bonchev–Trinajstić information content (AvgIpc) is 3.15. The molecule has 0 aliphatic rings. The van der Waals surface area contributed by atoms with Gasteiger partial charge in [-0.05, 0) is 18.4 Å². The molecule has 0 unspecified atom stereocenters. The van der Waals surface area contributed by atoms with Crippen LogP contribution in [-0.2, 0) is 19.1 Å². The van der Waals surface area contributed by atoms with Crippen molar-refractivity contribution in [3.8, 4) is 0 Å². The first-order valence-electron chi connectivity index (χ1n) is 8.83. The number of halogens is 4. The highest BCUT2D eigenvalue weighted by Gasteiger charge is 2.33. The van der Waals surface area contributed by atoms with E-state index in [2.05, 4.69) is 25.6 Å². The summed E-state index contributed by atoms with van der Waals surface area (Å²) in [5.74, 6) is 0.588. The van der Waals surface area contributed by atoms with Crippen LogP contribution < -0.4 is 10.6 Å². The molecule has 0 saturated carbocycles. The number of aromatic nitrogens is 2. The maximum Gasteiger partial charge on any atom is 0.434 e. The third-order valence-corrected chi connectivity index (χ3v) is 4.87. The molecule has 0 atom stereocenters. The zero-order valence-corrected chi connectivity index (χ0v) is 18.8. The number of rotatable bonds is 6. The molecule has 5 nitrogen and oxygen atoms in total. The van der Waals surface area contributed by atoms with Crippen LogP contribution in [0.1, 0.15) is 23.3 Å². The molecular formula is C19H21F3IN5S. The van der Waals surface area contributed by atoms with Gasteiger partial charge in [0.15, 0.2) is 11.7 Å². The van der Waals surface area contributed by atoms with E-state index in [1.54, 1.807) is 6.20 Å². The summed E-state index contributed by atoms with van der Waals surface area (Å²) in [5.41, 5.74) is 0.0279. The predicted molar refractivity (Wildman–Crippen MR) is 121 cm³/mol. The predicted octanol–water partition coefficient (Wildman–Crippen LogP) is 4.63. The van der Waals surface area contributed by atoms with E-state index in [0.29, 0.717) is 37.0 Å². The Morgan fingerprint density at radius 3 is 2.69 bits per heavy atom. The maximum atomic E-state index is 12.6. The first-order valence-corrected chi connectivity index (χ1v) is 9.71. The molecule has 2 heterocycles. The summed E-state index contributed by atoms with van der Waals surface area (Å²) in [7, 11) is 0. The van der Waals surface area contributed by atoms with E-state index in [1.807, 2.05) is 37.3 Å². The number of hydrogen-bond acceptors (Lipinski definition) is 4. The highest BCUT2D eigenvalue weighted by atomic mass is 127. The Balaban J connectivity index is 0.00000300. The van der Waals surface area contributed by atoms with E-state index in [1.165, 1.54) is 0 Å². The van der Waals surface area contributed by atoms with E-state index in [9.17, 15) is 13.2 Å². The van der Waals surface area contributed by atoms with Crippen LogP contribution in [0.25, 0.3) is 10.8 Å². The largest absolute Gasteiger partial charge is 0.434 e. The molecule has 0 aliphatic carbocycles. The first kappa shape index (κ1) is 23.3. The van der Waals surface area contributed by atoms with Gasteiger partial charge in [0, 0.05) is 36.5 Å². The van der Waals surface area contributed by atoms with E-state index in [0.717, 1.165) is 33.2 Å². The summed E-state index contributed by atoms with van der Waals surface area (Å²) in [6.45, 7) is 3.44. The van der Waals surface area contributed by atoms with Gasteiger partial charge in [-0.15, -0.1) is 35.3 Å². The van der Waals surface area contributed by atoms with Crippen molar-refractivity contribution >= 4 is 52.0 Å². The summed E-state index contributed by atoms with van der Waals surface area (Å²) in [6.07, 6.45) is -2.25. The second-order valence-electron chi connectivity index (χ2n) is 5.97. The quantitative estimate of drug-likeness (QED) is 0.275. The molecule has 0 spiro atoms. The summed E-state index contributed by atoms with van der Waals surface area (Å²) in [5, 5.41) is 9.89. The Morgan fingerprint density at radius 1 is 1.17 bits per heavy atom. The molecule has 10 heteroatoms. The van der Waals surface area contributed by atoms with E-state index >= 15 is 0 Å². The van der Waals surface area contributed by atoms with Gasteiger partial charge in [-0.2, -0.15) is 13.2 Å². The summed E-state index contributed by atoms with van der Waals surface area (Å²) in [4.78, 5) is 12.6. The lowest BCUT2D eigenvalue weighted by Gasteiger charge is -2.11. The Morgan fingerprint density at radius 2 is 1.97 bits per heavy atom. The van der Waals surface area contributed by atoms with Gasteiger partial charge in [0.1, 0.15) is 0 Å². The van der Waals surface area contributed by atoms with Gasteiger partial charge in [-0.3, -0.25) is 4.98 Å². The molecule has 3 aromatic rings. The molecular weight excluding hydrogens is 514 g/mol. The minimum atomic E-state index is -4.40. The van der Waals surface area contributed by atoms with Crippen LogP contribution >= 0.6 is 35.3 Å². The minimum absolute atomic E-state index is 0. The standard InChI is InChI=1S/C19H20F3N5S.HI/c1-2-23-18(25-10-8-17-27-16(12-28-17)19(20,21)22)26-11-15-14-6-4-3-5-13(14)7-9-24-15;/h3-7,9,12H,2,8,10-11H2,1H3,(H2,23,25,26);1H. The molecule has 0 amide bonds. The highest BCUT2D eigenvalue weighted by Crippen LogP contribution is 2.30. The van der Waals surface area contributed by atoms with Crippen LogP contribution in [-0.4, -0.2) is 29.0 Å². The molecule has 0 saturated heterocycles. The molecule has 0 radical (unpaired) electrons. The fourth-order valence-corrected chi connectivity index (χ4v) is 3.45. The lowest BCUT2D eigenvalue weighted by molar-refractivity contribution is -0.140. The number of nitrogens with one attached hydrogen (secondary N) is 2. The number of pyridine rings is 1. The molecule has 156 valence electrons. The van der Waals surface area contributed by atoms with Gasteiger partial charge >= 0.3 is 6.18 Å². The lowest BCUT2D eigenvalue weighted by atomic mass is 10.1. The Hall–Kier alpha value is -1.95. The number of benzene rings is 1. The van der Waals surface area contributed by atoms with Crippen molar-refractivity contribution in [3.63, 3.8) is 0 Å². The second kappa shape index (κ2) is 10.7. The third-order valence-electron chi connectivity index (χ3n) is 3.96. The zero-order chi connectivity index (χ0) is 20.0. The van der Waals surface area contributed by atoms with Crippen molar-refractivity contribution in [2.24, 2.45) is 4.99 Å². The van der Waals surface area contributed by atoms with Crippen LogP contribution in [0.4, 0.5) is 13.2 Å². The SMILES string of the molecule is CCNC(=NCc1nccc2ccccc12)NCCc1nc(C(F)(F)F)cs1.I. The molecule has 0 bridgehead atoms. The van der Waals surface area contributed by atoms with Crippen LogP contribution in [0.2, 0.25) is 0 Å². The van der Waals surface area contributed by atoms with Gasteiger partial charge in [0.2, 0.25) is 0 Å². The lowest BCUT2D eigenvalue weighted by Crippen LogP contribution is -2.38. The van der Waals surface area contributed by atoms with Crippen molar-refractivity contribution < 1.29 is 13.2 Å². The molecule has 29 heavy (non-hydrogen) atoms. The number of aliphatic imine (C=N–C) groups is 1. The second-order valence-corrected chi connectivity index (χ2v) is 6.92. The summed E-state index contributed by atoms with van der Waals surface area (Å²) >= 11 is 1.01. The fraction of sp³-hybridized carbons (Fsp3) is 0.316. The molecule has 2 N–H and O–H groups in total. The van der Waals surface area contributed by atoms with Crippen LogP contribution in [0.15, 0.2) is 46.9 Å². The fourth-order valence-electron chi connectivity index (χ4n) is 2.65. The first-order chi connectivity index (χ1) is 13.5. The molecule has 0 aliphatic heterocycles. The number of fused-ring (bicyclic) bond motifs is 1. The average molecular weight is 535 g/mol. The molecule has 3 rings (SSSR count). The van der Waals surface area contributed by atoms with Gasteiger partial charge in [0.05, 0.1) is 17.2 Å². The van der Waals surface area contributed by atoms with Gasteiger partial charge in [-0.1, -0.05) is 24.3 Å². The van der Waals surface area contributed by atoms with E-state index in [-0.39, 0.29) is 24.0 Å². The van der Waals surface area contributed by atoms with Crippen molar-refractivity contribution in [2.45, 2.75) is 26.1 Å². The molecule has 1 aromatic carbocycles. The Labute approximate surface area is 187 Å². The van der Waals surface area contributed by atoms with Crippen molar-refractivity contribution in [1.29, 1.82) is 0 Å². The summed E-state index contributed by atoms with van der Waals surface area (Å²) < 4.78 is 37.9. The molecule has 2 aromatic heterocycles. The van der Waals surface area contributed by atoms with E-state index in [4.69, 9.17) is 0 Å². The van der Waals surface area contributed by atoms with Crippen LogP contribution in [0.3, 0.4) is 0 Å². The number of alkyl halides is 3. The van der Waals surface area contributed by atoms with Gasteiger partial charge in [-0.25, -0.2) is 9.98 Å². The Kier molecular flexibility index (Phi) is 8.62. The highest BCUT2D eigenvalue weighted by molar-refractivity contribution is 14.0. The van der Waals surface area contributed by atoms with E-state index < -0.39 is 11.9 Å². The molecule has 0 fully saturated rings. The van der Waals surface area contributed by atoms with Crippen molar-refractivity contribution in [3.05, 3.63) is 58.3 Å². The zero-order valence-electron chi connectivity index (χ0n) is 15.7.